The third kappa shape index (κ3) is 5.59. The van der Waals surface area contributed by atoms with Crippen molar-refractivity contribution in [2.75, 3.05) is 6.61 Å². The van der Waals surface area contributed by atoms with Crippen LogP contribution in [0.25, 0.3) is 0 Å². The van der Waals surface area contributed by atoms with E-state index in [0.29, 0.717) is 12.0 Å². The predicted molar refractivity (Wildman–Crippen MR) is 56.4 cm³/mol. The highest BCUT2D eigenvalue weighted by Crippen LogP contribution is 2.36. The summed E-state index contributed by atoms with van der Waals surface area (Å²) in [6.45, 7) is 10.5. The van der Waals surface area contributed by atoms with Crippen molar-refractivity contribution < 1.29 is 5.11 Å². The van der Waals surface area contributed by atoms with Gasteiger partial charge >= 0.3 is 0 Å². The smallest absolute Gasteiger partial charge is 0.0484 e. The molecule has 0 aromatic carbocycles. The lowest BCUT2D eigenvalue weighted by Gasteiger charge is -2.18. The van der Waals surface area contributed by atoms with E-state index in [9.17, 15) is 0 Å². The number of hydrogen-bond donors (Lipinski definition) is 1. The zero-order valence-electron chi connectivity index (χ0n) is 9.48. The van der Waals surface area contributed by atoms with Crippen molar-refractivity contribution in [3.8, 4) is 0 Å². The van der Waals surface area contributed by atoms with Crippen molar-refractivity contribution in [3.63, 3.8) is 0 Å². The second-order valence-corrected chi connectivity index (χ2v) is 3.18. The van der Waals surface area contributed by atoms with Gasteiger partial charge in [0.25, 0.3) is 0 Å². The van der Waals surface area contributed by atoms with Gasteiger partial charge in [0.15, 0.2) is 0 Å². The quantitative estimate of drug-likeness (QED) is 0.644. The molecule has 1 aliphatic carbocycles. The third-order valence-corrected chi connectivity index (χ3v) is 2.19. The van der Waals surface area contributed by atoms with Gasteiger partial charge in [0, 0.05) is 6.61 Å². The van der Waals surface area contributed by atoms with Crippen molar-refractivity contribution in [3.05, 3.63) is 0 Å². The van der Waals surface area contributed by atoms with Crippen LogP contribution >= 0.6 is 0 Å². The Morgan fingerprint density at radius 3 is 1.50 bits per heavy atom. The first kappa shape index (κ1) is 14.5. The average Bonchev–Trinajstić information content (AvgIpc) is 2.60. The van der Waals surface area contributed by atoms with Gasteiger partial charge in [-0.25, -0.2) is 0 Å². The lowest BCUT2D eigenvalue weighted by atomic mass is 9.90. The van der Waals surface area contributed by atoms with Gasteiger partial charge in [-0.05, 0) is 18.3 Å². The fraction of sp³-hybridized carbons (Fsp3) is 1.00. The van der Waals surface area contributed by atoms with Crippen LogP contribution in [0.5, 0.6) is 0 Å². The fourth-order valence-electron chi connectivity index (χ4n) is 1.39. The van der Waals surface area contributed by atoms with Crippen LogP contribution in [0.4, 0.5) is 0 Å². The van der Waals surface area contributed by atoms with Crippen molar-refractivity contribution in [2.24, 2.45) is 5.41 Å². The van der Waals surface area contributed by atoms with E-state index in [2.05, 4.69) is 6.92 Å². The molecule has 0 radical (unpaired) electrons. The molecule has 1 aliphatic rings. The Balaban J connectivity index is 0. The van der Waals surface area contributed by atoms with Gasteiger partial charge in [0.2, 0.25) is 0 Å². The molecule has 0 aromatic heterocycles. The lowest BCUT2D eigenvalue weighted by Crippen LogP contribution is -2.15. The number of hydrogen-bond acceptors (Lipinski definition) is 1. The molecule has 0 heterocycles. The number of rotatable bonds is 1. The van der Waals surface area contributed by atoms with E-state index in [0.717, 1.165) is 0 Å². The zero-order valence-corrected chi connectivity index (χ0v) is 9.48. The lowest BCUT2D eigenvalue weighted by molar-refractivity contribution is 0.149. The fourth-order valence-corrected chi connectivity index (χ4v) is 1.39. The molecule has 1 rings (SSSR count). The predicted octanol–water partition coefficient (Wildman–Crippen LogP) is 3.61. The summed E-state index contributed by atoms with van der Waals surface area (Å²) >= 11 is 0. The molecular weight excluding hydrogens is 148 g/mol. The molecule has 1 N–H and O–H groups in total. The van der Waals surface area contributed by atoms with Crippen LogP contribution in [0.2, 0.25) is 0 Å². The Hall–Kier alpha value is -0.0400. The summed E-state index contributed by atoms with van der Waals surface area (Å²) in [7, 11) is 0. The molecule has 0 unspecified atom stereocenters. The number of aliphatic hydroxyl groups excluding tert-OH is 1. The Morgan fingerprint density at radius 2 is 1.33 bits per heavy atom. The molecule has 0 atom stereocenters. The molecule has 1 heteroatoms. The largest absolute Gasteiger partial charge is 0.396 e. The molecule has 0 bridgehead atoms. The van der Waals surface area contributed by atoms with Crippen LogP contribution in [0, 0.1) is 5.41 Å². The molecule has 1 saturated carbocycles. The van der Waals surface area contributed by atoms with E-state index in [1.54, 1.807) is 0 Å². The normalized spacial score (nSPS) is 18.5. The molecular formula is C11H26O. The highest BCUT2D eigenvalue weighted by molar-refractivity contribution is 4.78. The third-order valence-electron chi connectivity index (χ3n) is 2.19. The van der Waals surface area contributed by atoms with Crippen molar-refractivity contribution >= 4 is 0 Å². The van der Waals surface area contributed by atoms with Gasteiger partial charge in [-0.1, -0.05) is 47.5 Å². The zero-order chi connectivity index (χ0) is 10.0. The summed E-state index contributed by atoms with van der Waals surface area (Å²) in [6, 6.07) is 0. The minimum atomic E-state index is 0.292. The highest BCUT2D eigenvalue weighted by Gasteiger charge is 2.26. The molecule has 12 heavy (non-hydrogen) atoms. The first-order valence-electron chi connectivity index (χ1n) is 5.38. The Bertz CT molecular complexity index is 73.1. The second-order valence-electron chi connectivity index (χ2n) is 3.18. The first-order chi connectivity index (χ1) is 5.77. The summed E-state index contributed by atoms with van der Waals surface area (Å²) in [5, 5.41) is 8.83. The molecule has 1 nitrogen and oxygen atoms in total. The first-order valence-corrected chi connectivity index (χ1v) is 5.38. The molecule has 0 aromatic rings. The van der Waals surface area contributed by atoms with E-state index in [1.807, 2.05) is 27.7 Å². The summed E-state index contributed by atoms with van der Waals surface area (Å²) in [6.07, 6.45) is 5.08. The van der Waals surface area contributed by atoms with Crippen molar-refractivity contribution in [1.29, 1.82) is 0 Å². The summed E-state index contributed by atoms with van der Waals surface area (Å²) in [5.74, 6) is 0. The minimum Gasteiger partial charge on any atom is -0.396 e. The second kappa shape index (κ2) is 9.05. The van der Waals surface area contributed by atoms with Crippen molar-refractivity contribution in [1.82, 2.24) is 0 Å². The van der Waals surface area contributed by atoms with Gasteiger partial charge in [0.05, 0.1) is 0 Å². The van der Waals surface area contributed by atoms with Crippen LogP contribution in [0.15, 0.2) is 0 Å². The van der Waals surface area contributed by atoms with Crippen LogP contribution in [-0.4, -0.2) is 11.7 Å². The van der Waals surface area contributed by atoms with E-state index in [-0.39, 0.29) is 0 Å². The van der Waals surface area contributed by atoms with Gasteiger partial charge in [-0.15, -0.1) is 0 Å². The summed E-state index contributed by atoms with van der Waals surface area (Å²) in [4.78, 5) is 0. The molecule has 1 fully saturated rings. The van der Waals surface area contributed by atoms with Crippen LogP contribution in [-0.2, 0) is 0 Å². The minimum absolute atomic E-state index is 0.292. The van der Waals surface area contributed by atoms with E-state index >= 15 is 0 Å². The van der Waals surface area contributed by atoms with Crippen molar-refractivity contribution in [2.45, 2.75) is 60.3 Å². The van der Waals surface area contributed by atoms with E-state index in [1.165, 1.54) is 25.7 Å². The average molecular weight is 174 g/mol. The van der Waals surface area contributed by atoms with Gasteiger partial charge in [-0.3, -0.25) is 0 Å². The van der Waals surface area contributed by atoms with E-state index in [4.69, 9.17) is 5.11 Å². The van der Waals surface area contributed by atoms with Gasteiger partial charge < -0.3 is 5.11 Å². The maximum Gasteiger partial charge on any atom is 0.0484 e. The summed E-state index contributed by atoms with van der Waals surface area (Å²) < 4.78 is 0. The van der Waals surface area contributed by atoms with Crippen LogP contribution < -0.4 is 0 Å². The molecule has 0 aliphatic heterocycles. The summed E-state index contributed by atoms with van der Waals surface area (Å²) in [5.41, 5.74) is 0.292. The topological polar surface area (TPSA) is 20.2 Å². The number of aliphatic hydroxyl groups is 1. The standard InChI is InChI=1S/C7H14O.2C2H6/c1-7(6-8)4-2-3-5-7;2*1-2/h8H,2-6H2,1H3;2*1-2H3. The monoisotopic (exact) mass is 174 g/mol. The SMILES string of the molecule is CC.CC.CC1(CO)CCCC1. The van der Waals surface area contributed by atoms with Crippen LogP contribution in [0.1, 0.15) is 60.3 Å². The Morgan fingerprint density at radius 1 is 1.00 bits per heavy atom. The Kier molecular flexibility index (Phi) is 10.9. The van der Waals surface area contributed by atoms with E-state index < -0.39 is 0 Å². The molecule has 0 amide bonds. The Labute approximate surface area is 78.2 Å². The highest BCUT2D eigenvalue weighted by atomic mass is 16.3. The molecule has 0 spiro atoms. The molecule has 0 saturated heterocycles. The van der Waals surface area contributed by atoms with Crippen LogP contribution in [0.3, 0.4) is 0 Å². The van der Waals surface area contributed by atoms with Gasteiger partial charge in [-0.2, -0.15) is 0 Å². The van der Waals surface area contributed by atoms with Gasteiger partial charge in [0.1, 0.15) is 0 Å². The maximum absolute atomic E-state index is 8.83. The molecule has 76 valence electrons. The maximum atomic E-state index is 8.83.